The van der Waals surface area contributed by atoms with E-state index in [-0.39, 0.29) is 24.1 Å². The summed E-state index contributed by atoms with van der Waals surface area (Å²) in [6, 6.07) is 3.82. The highest BCUT2D eigenvalue weighted by Crippen LogP contribution is 2.27. The Balaban J connectivity index is 0.00000220. The molecule has 1 aliphatic heterocycles. The van der Waals surface area contributed by atoms with Crippen molar-refractivity contribution in [1.82, 2.24) is 4.90 Å². The second-order valence-electron chi connectivity index (χ2n) is 5.52. The monoisotopic (exact) mass is 317 g/mol. The van der Waals surface area contributed by atoms with E-state index in [1.54, 1.807) is 0 Å². The van der Waals surface area contributed by atoms with Gasteiger partial charge < -0.3 is 5.73 Å². The van der Waals surface area contributed by atoms with Crippen molar-refractivity contribution < 1.29 is 9.31 Å². The zero-order chi connectivity index (χ0) is 14.7. The predicted octanol–water partition coefficient (Wildman–Crippen LogP) is 2.71. The average molecular weight is 318 g/mol. The number of likely N-dealkylation sites (tertiary alicyclic amines) is 1. The molecule has 0 aliphatic carbocycles. The summed E-state index contributed by atoms with van der Waals surface area (Å²) in [7, 11) is 0. The van der Waals surface area contributed by atoms with Crippen molar-refractivity contribution in [3.63, 3.8) is 0 Å². The molecule has 118 valence electrons. The number of halogens is 2. The number of hydrogen-bond donors (Lipinski definition) is 1. The van der Waals surface area contributed by atoms with E-state index < -0.39 is 10.7 Å². The van der Waals surface area contributed by atoms with Gasteiger partial charge in [-0.15, -0.1) is 12.4 Å². The fourth-order valence-corrected chi connectivity index (χ4v) is 2.83. The van der Waals surface area contributed by atoms with Gasteiger partial charge >= 0.3 is 0 Å². The molecule has 5 nitrogen and oxygen atoms in total. The second kappa shape index (κ2) is 7.68. The average Bonchev–Trinajstić information content (AvgIpc) is 2.40. The number of benzene rings is 1. The molecule has 0 spiro atoms. The van der Waals surface area contributed by atoms with Crippen LogP contribution in [0.15, 0.2) is 18.2 Å². The maximum Gasteiger partial charge on any atom is 0.274 e. The molecule has 2 rings (SSSR count). The van der Waals surface area contributed by atoms with Crippen LogP contribution in [0.1, 0.15) is 25.3 Å². The fourth-order valence-electron chi connectivity index (χ4n) is 2.83. The van der Waals surface area contributed by atoms with Crippen LogP contribution in [0.4, 0.5) is 10.1 Å². The van der Waals surface area contributed by atoms with Crippen LogP contribution < -0.4 is 5.73 Å². The Labute approximate surface area is 129 Å². The first-order chi connectivity index (χ1) is 9.51. The minimum absolute atomic E-state index is 0. The Kier molecular flexibility index (Phi) is 6.51. The summed E-state index contributed by atoms with van der Waals surface area (Å²) >= 11 is 0. The van der Waals surface area contributed by atoms with Crippen molar-refractivity contribution >= 4 is 18.1 Å². The molecule has 1 aliphatic rings. The normalized spacial score (nSPS) is 22.6. The molecule has 0 saturated carbocycles. The minimum atomic E-state index is -0.460. The molecule has 1 aromatic carbocycles. The maximum atomic E-state index is 13.3. The van der Waals surface area contributed by atoms with Crippen LogP contribution in [0.5, 0.6) is 0 Å². The van der Waals surface area contributed by atoms with Crippen LogP contribution in [0.25, 0.3) is 0 Å². The molecule has 2 atom stereocenters. The highest BCUT2D eigenvalue weighted by Gasteiger charge is 2.27. The zero-order valence-electron chi connectivity index (χ0n) is 12.0. The molecular weight excluding hydrogens is 297 g/mol. The van der Waals surface area contributed by atoms with Gasteiger partial charge in [-0.25, -0.2) is 4.39 Å². The van der Waals surface area contributed by atoms with Gasteiger partial charge in [0.1, 0.15) is 5.82 Å². The molecule has 1 saturated heterocycles. The highest BCUT2D eigenvalue weighted by atomic mass is 35.5. The van der Waals surface area contributed by atoms with Gasteiger partial charge in [-0.2, -0.15) is 0 Å². The Morgan fingerprint density at radius 2 is 2.24 bits per heavy atom. The first-order valence-electron chi connectivity index (χ1n) is 6.88. The van der Waals surface area contributed by atoms with Crippen LogP contribution in [-0.2, 0) is 6.54 Å². The fraction of sp³-hybridized carbons (Fsp3) is 0.571. The number of hydrogen-bond acceptors (Lipinski definition) is 4. The van der Waals surface area contributed by atoms with E-state index in [9.17, 15) is 14.5 Å². The summed E-state index contributed by atoms with van der Waals surface area (Å²) < 4.78 is 13.3. The van der Waals surface area contributed by atoms with E-state index in [4.69, 9.17) is 5.73 Å². The first-order valence-corrected chi connectivity index (χ1v) is 6.88. The largest absolute Gasteiger partial charge is 0.329 e. The van der Waals surface area contributed by atoms with E-state index in [0.29, 0.717) is 24.6 Å². The smallest absolute Gasteiger partial charge is 0.274 e. The third-order valence-corrected chi connectivity index (χ3v) is 3.98. The van der Waals surface area contributed by atoms with Crippen LogP contribution >= 0.6 is 12.4 Å². The molecule has 2 unspecified atom stereocenters. The molecule has 1 aromatic rings. The van der Waals surface area contributed by atoms with Crippen LogP contribution in [0.3, 0.4) is 0 Å². The molecular formula is C14H21ClFN3O2. The summed E-state index contributed by atoms with van der Waals surface area (Å²) in [5, 5.41) is 11.0. The van der Waals surface area contributed by atoms with Crippen molar-refractivity contribution in [2.45, 2.75) is 32.4 Å². The Morgan fingerprint density at radius 1 is 1.52 bits per heavy atom. The van der Waals surface area contributed by atoms with E-state index >= 15 is 0 Å². The molecule has 0 bridgehead atoms. The van der Waals surface area contributed by atoms with Crippen molar-refractivity contribution in [2.75, 3.05) is 13.1 Å². The molecule has 7 heteroatoms. The van der Waals surface area contributed by atoms with Gasteiger partial charge in [0.2, 0.25) is 0 Å². The van der Waals surface area contributed by atoms with Gasteiger partial charge in [0.25, 0.3) is 5.69 Å². The van der Waals surface area contributed by atoms with E-state index in [2.05, 4.69) is 11.8 Å². The lowest BCUT2D eigenvalue weighted by atomic mass is 9.92. The third kappa shape index (κ3) is 4.36. The Morgan fingerprint density at radius 3 is 2.86 bits per heavy atom. The molecule has 0 radical (unpaired) electrons. The SMILES string of the molecule is CC1CCN(Cc2cc(F)ccc2[N+](=O)[O-])C(CN)C1.Cl. The lowest BCUT2D eigenvalue weighted by Crippen LogP contribution is -2.45. The van der Waals surface area contributed by atoms with Gasteiger partial charge in [-0.1, -0.05) is 6.92 Å². The molecule has 1 fully saturated rings. The quantitative estimate of drug-likeness (QED) is 0.684. The standard InChI is InChI=1S/C14H20FN3O2.ClH/c1-10-4-5-17(13(6-10)8-16)9-11-7-12(15)2-3-14(11)18(19)20;/h2-3,7,10,13H,4-6,8-9,16H2,1H3;1H. The van der Waals surface area contributed by atoms with Crippen LogP contribution in [-0.4, -0.2) is 29.0 Å². The maximum absolute atomic E-state index is 13.3. The van der Waals surface area contributed by atoms with Crippen molar-refractivity contribution in [2.24, 2.45) is 11.7 Å². The Bertz CT molecular complexity index is 501. The number of nitrogens with zero attached hydrogens (tertiary/aromatic N) is 2. The number of piperidine rings is 1. The number of nitro groups is 1. The van der Waals surface area contributed by atoms with Gasteiger partial charge in [0.15, 0.2) is 0 Å². The van der Waals surface area contributed by atoms with E-state index in [1.807, 2.05) is 0 Å². The second-order valence-corrected chi connectivity index (χ2v) is 5.52. The lowest BCUT2D eigenvalue weighted by molar-refractivity contribution is -0.385. The molecule has 21 heavy (non-hydrogen) atoms. The van der Waals surface area contributed by atoms with Crippen molar-refractivity contribution in [1.29, 1.82) is 0 Å². The summed E-state index contributed by atoms with van der Waals surface area (Å²) in [6.07, 6.45) is 2.03. The van der Waals surface area contributed by atoms with Crippen molar-refractivity contribution in [3.05, 3.63) is 39.7 Å². The van der Waals surface area contributed by atoms with Crippen LogP contribution in [0, 0.1) is 21.8 Å². The number of nitro benzene ring substituents is 1. The minimum Gasteiger partial charge on any atom is -0.329 e. The Hall–Kier alpha value is -1.24. The van der Waals surface area contributed by atoms with Gasteiger partial charge in [0, 0.05) is 30.8 Å². The molecule has 0 aromatic heterocycles. The summed E-state index contributed by atoms with van der Waals surface area (Å²) in [5.74, 6) is 0.169. The summed E-state index contributed by atoms with van der Waals surface area (Å²) in [5.41, 5.74) is 6.18. The first kappa shape index (κ1) is 17.8. The summed E-state index contributed by atoms with van der Waals surface area (Å²) in [4.78, 5) is 12.7. The molecule has 2 N–H and O–H groups in total. The number of rotatable bonds is 4. The van der Waals surface area contributed by atoms with E-state index in [1.165, 1.54) is 12.1 Å². The summed E-state index contributed by atoms with van der Waals surface area (Å²) in [6.45, 7) is 3.93. The lowest BCUT2D eigenvalue weighted by Gasteiger charge is -2.37. The predicted molar refractivity (Wildman–Crippen MR) is 82.0 cm³/mol. The molecule has 0 amide bonds. The van der Waals surface area contributed by atoms with Gasteiger partial charge in [-0.3, -0.25) is 15.0 Å². The topological polar surface area (TPSA) is 72.4 Å². The van der Waals surface area contributed by atoms with E-state index in [0.717, 1.165) is 25.5 Å². The number of nitrogens with two attached hydrogens (primary N) is 1. The van der Waals surface area contributed by atoms with Crippen LogP contribution in [0.2, 0.25) is 0 Å². The molecule has 1 heterocycles. The highest BCUT2D eigenvalue weighted by molar-refractivity contribution is 5.85. The van der Waals surface area contributed by atoms with Crippen molar-refractivity contribution in [3.8, 4) is 0 Å². The van der Waals surface area contributed by atoms with Gasteiger partial charge in [-0.05, 0) is 37.4 Å². The van der Waals surface area contributed by atoms with Gasteiger partial charge in [0.05, 0.1) is 4.92 Å². The third-order valence-electron chi connectivity index (χ3n) is 3.98. The zero-order valence-corrected chi connectivity index (χ0v) is 12.8.